The standard InChI is InChI=1S/C13H11F4NO3/c1-21-12(20)7-5-10(19)18(6-7)9-4-2-3-8(14)11(9)13(15,16)17/h2-4,7H,5-6H2,1H3. The highest BCUT2D eigenvalue weighted by molar-refractivity contribution is 6.00. The smallest absolute Gasteiger partial charge is 0.421 e. The third-order valence-corrected chi connectivity index (χ3v) is 3.23. The number of carbonyl (C=O) groups excluding carboxylic acids is 2. The first-order valence-electron chi connectivity index (χ1n) is 5.99. The van der Waals surface area contributed by atoms with E-state index in [9.17, 15) is 27.2 Å². The van der Waals surface area contributed by atoms with Gasteiger partial charge in [0.25, 0.3) is 0 Å². The van der Waals surface area contributed by atoms with Gasteiger partial charge in [0.15, 0.2) is 0 Å². The second-order valence-corrected chi connectivity index (χ2v) is 4.56. The van der Waals surface area contributed by atoms with Crippen LogP contribution in [0.3, 0.4) is 0 Å². The van der Waals surface area contributed by atoms with Crippen LogP contribution >= 0.6 is 0 Å². The Morgan fingerprint density at radius 3 is 2.62 bits per heavy atom. The number of rotatable bonds is 2. The number of anilines is 1. The lowest BCUT2D eigenvalue weighted by Gasteiger charge is -2.21. The Labute approximate surface area is 117 Å². The summed E-state index contributed by atoms with van der Waals surface area (Å²) in [5.74, 6) is -3.68. The van der Waals surface area contributed by atoms with Crippen LogP contribution in [0.2, 0.25) is 0 Å². The normalized spacial score (nSPS) is 19.0. The lowest BCUT2D eigenvalue weighted by Crippen LogP contribution is -2.29. The zero-order chi connectivity index (χ0) is 15.8. The van der Waals surface area contributed by atoms with Crippen LogP contribution < -0.4 is 4.90 Å². The van der Waals surface area contributed by atoms with E-state index in [1.807, 2.05) is 0 Å². The van der Waals surface area contributed by atoms with Crippen molar-refractivity contribution in [2.45, 2.75) is 12.6 Å². The molecule has 1 heterocycles. The fourth-order valence-corrected chi connectivity index (χ4v) is 2.28. The van der Waals surface area contributed by atoms with E-state index in [1.165, 1.54) is 0 Å². The molecule has 0 spiro atoms. The minimum atomic E-state index is -4.94. The Balaban J connectivity index is 2.42. The van der Waals surface area contributed by atoms with Crippen molar-refractivity contribution in [3.8, 4) is 0 Å². The zero-order valence-corrected chi connectivity index (χ0v) is 10.9. The first-order valence-corrected chi connectivity index (χ1v) is 5.99. The van der Waals surface area contributed by atoms with E-state index in [2.05, 4.69) is 4.74 Å². The molecule has 0 aromatic heterocycles. The summed E-state index contributed by atoms with van der Waals surface area (Å²) in [5.41, 5.74) is -2.09. The van der Waals surface area contributed by atoms with E-state index in [4.69, 9.17) is 0 Å². The second kappa shape index (κ2) is 5.34. The van der Waals surface area contributed by atoms with Crippen molar-refractivity contribution in [2.24, 2.45) is 5.92 Å². The van der Waals surface area contributed by atoms with Crippen LogP contribution in [0.5, 0.6) is 0 Å². The van der Waals surface area contributed by atoms with Crippen molar-refractivity contribution >= 4 is 17.6 Å². The lowest BCUT2D eigenvalue weighted by molar-refractivity contribution is -0.145. The molecule has 0 bridgehead atoms. The number of halogens is 4. The van der Waals surface area contributed by atoms with Crippen LogP contribution in [-0.4, -0.2) is 25.5 Å². The van der Waals surface area contributed by atoms with Gasteiger partial charge in [-0.1, -0.05) is 6.07 Å². The van der Waals surface area contributed by atoms with E-state index >= 15 is 0 Å². The van der Waals surface area contributed by atoms with Crippen LogP contribution in [0.15, 0.2) is 18.2 Å². The molecule has 114 valence electrons. The number of carbonyl (C=O) groups is 2. The molecule has 0 aliphatic carbocycles. The largest absolute Gasteiger partial charge is 0.469 e. The van der Waals surface area contributed by atoms with Crippen LogP contribution in [-0.2, 0) is 20.5 Å². The van der Waals surface area contributed by atoms with Crippen molar-refractivity contribution in [1.29, 1.82) is 0 Å². The van der Waals surface area contributed by atoms with Gasteiger partial charge in [-0.05, 0) is 12.1 Å². The predicted molar refractivity (Wildman–Crippen MR) is 63.9 cm³/mol. The Kier molecular flexibility index (Phi) is 3.89. The van der Waals surface area contributed by atoms with E-state index in [-0.39, 0.29) is 13.0 Å². The third kappa shape index (κ3) is 2.84. The zero-order valence-electron chi connectivity index (χ0n) is 10.9. The van der Waals surface area contributed by atoms with Crippen molar-refractivity contribution in [3.05, 3.63) is 29.6 Å². The van der Waals surface area contributed by atoms with Crippen molar-refractivity contribution in [3.63, 3.8) is 0 Å². The molecule has 2 rings (SSSR count). The first-order chi connectivity index (χ1) is 9.75. The van der Waals surface area contributed by atoms with Crippen LogP contribution in [0.25, 0.3) is 0 Å². The maximum atomic E-state index is 13.5. The molecule has 0 radical (unpaired) electrons. The van der Waals surface area contributed by atoms with E-state index in [0.29, 0.717) is 6.07 Å². The summed E-state index contributed by atoms with van der Waals surface area (Å²) in [6.07, 6.45) is -5.20. The first kappa shape index (κ1) is 15.3. The SMILES string of the molecule is COC(=O)C1CC(=O)N(c2cccc(F)c2C(F)(F)F)C1. The molecule has 1 unspecified atom stereocenters. The van der Waals surface area contributed by atoms with Gasteiger partial charge < -0.3 is 9.64 Å². The van der Waals surface area contributed by atoms with Gasteiger partial charge in [-0.3, -0.25) is 9.59 Å². The van der Waals surface area contributed by atoms with Gasteiger partial charge in [0, 0.05) is 13.0 Å². The molecule has 1 aromatic carbocycles. The number of hydrogen-bond acceptors (Lipinski definition) is 3. The third-order valence-electron chi connectivity index (χ3n) is 3.23. The van der Waals surface area contributed by atoms with Gasteiger partial charge in [0.2, 0.25) is 5.91 Å². The summed E-state index contributed by atoms with van der Waals surface area (Å²) >= 11 is 0. The highest BCUT2D eigenvalue weighted by atomic mass is 19.4. The Morgan fingerprint density at radius 2 is 2.05 bits per heavy atom. The van der Waals surface area contributed by atoms with Crippen molar-refractivity contribution in [1.82, 2.24) is 0 Å². The lowest BCUT2D eigenvalue weighted by atomic mass is 10.1. The summed E-state index contributed by atoms with van der Waals surface area (Å²) in [6, 6.07) is 2.76. The molecular weight excluding hydrogens is 294 g/mol. The fourth-order valence-electron chi connectivity index (χ4n) is 2.28. The van der Waals surface area contributed by atoms with Gasteiger partial charge >= 0.3 is 12.1 Å². The summed E-state index contributed by atoms with van der Waals surface area (Å²) in [4.78, 5) is 24.0. The molecule has 21 heavy (non-hydrogen) atoms. The minimum Gasteiger partial charge on any atom is -0.469 e. The Morgan fingerprint density at radius 1 is 1.38 bits per heavy atom. The summed E-state index contributed by atoms with van der Waals surface area (Å²) in [6.45, 7) is -0.266. The van der Waals surface area contributed by atoms with Crippen LogP contribution in [0, 0.1) is 11.7 Å². The van der Waals surface area contributed by atoms with Gasteiger partial charge in [0.05, 0.1) is 18.7 Å². The molecule has 0 saturated carbocycles. The summed E-state index contributed by atoms with van der Waals surface area (Å²) in [7, 11) is 1.12. The molecule has 1 saturated heterocycles. The average Bonchev–Trinajstić information content (AvgIpc) is 2.78. The van der Waals surface area contributed by atoms with Crippen LogP contribution in [0.1, 0.15) is 12.0 Å². The number of esters is 1. The Bertz CT molecular complexity index is 585. The molecule has 4 nitrogen and oxygen atoms in total. The fraction of sp³-hybridized carbons (Fsp3) is 0.385. The van der Waals surface area contributed by atoms with Crippen molar-refractivity contribution < 1.29 is 31.9 Å². The highest BCUT2D eigenvalue weighted by Crippen LogP contribution is 2.40. The number of nitrogens with zero attached hydrogens (tertiary/aromatic N) is 1. The number of methoxy groups -OCH3 is 1. The molecule has 1 aliphatic rings. The number of benzene rings is 1. The monoisotopic (exact) mass is 305 g/mol. The molecule has 0 N–H and O–H groups in total. The van der Waals surface area contributed by atoms with Crippen molar-refractivity contribution in [2.75, 3.05) is 18.6 Å². The molecule has 1 fully saturated rings. The maximum absolute atomic E-state index is 13.5. The number of hydrogen-bond donors (Lipinski definition) is 0. The number of ether oxygens (including phenoxy) is 1. The second-order valence-electron chi connectivity index (χ2n) is 4.56. The van der Waals surface area contributed by atoms with Gasteiger partial charge in [0.1, 0.15) is 11.4 Å². The van der Waals surface area contributed by atoms with E-state index in [0.717, 1.165) is 24.1 Å². The molecule has 8 heteroatoms. The predicted octanol–water partition coefficient (Wildman–Crippen LogP) is 2.37. The maximum Gasteiger partial charge on any atom is 0.421 e. The van der Waals surface area contributed by atoms with Crippen LogP contribution in [0.4, 0.5) is 23.2 Å². The number of alkyl halides is 3. The Hall–Kier alpha value is -2.12. The summed E-state index contributed by atoms with van der Waals surface area (Å²) in [5, 5.41) is 0. The van der Waals surface area contributed by atoms with Gasteiger partial charge in [-0.25, -0.2) is 4.39 Å². The molecule has 1 aliphatic heterocycles. The molecule has 1 aromatic rings. The van der Waals surface area contributed by atoms with E-state index < -0.39 is 41.0 Å². The average molecular weight is 305 g/mol. The topological polar surface area (TPSA) is 46.6 Å². The highest BCUT2D eigenvalue weighted by Gasteiger charge is 2.43. The minimum absolute atomic E-state index is 0.263. The molecular formula is C13H11F4NO3. The van der Waals surface area contributed by atoms with Gasteiger partial charge in [-0.2, -0.15) is 13.2 Å². The quantitative estimate of drug-likeness (QED) is 0.622. The molecule has 1 atom stereocenters. The molecule has 1 amide bonds. The van der Waals surface area contributed by atoms with Gasteiger partial charge in [-0.15, -0.1) is 0 Å². The summed E-state index contributed by atoms with van der Waals surface area (Å²) < 4.78 is 56.8. The number of amides is 1. The van der Waals surface area contributed by atoms with E-state index in [1.54, 1.807) is 0 Å².